The average Bonchev–Trinajstić information content (AvgIpc) is 2.79. The quantitative estimate of drug-likeness (QED) is 0.473. The molecule has 6 heteroatoms. The second-order valence-corrected chi connectivity index (χ2v) is 8.69. The SMILES string of the molecule is COc1ccc(CN2C(=O)C(c3ccccc3)OC[C@@]2(C)c2cc(Br)ccc2F)cc1. The summed E-state index contributed by atoms with van der Waals surface area (Å²) in [6, 6.07) is 21.7. The zero-order valence-electron chi connectivity index (χ0n) is 17.3. The van der Waals surface area contributed by atoms with Gasteiger partial charge in [0.25, 0.3) is 5.91 Å². The van der Waals surface area contributed by atoms with Crippen molar-refractivity contribution >= 4 is 21.8 Å². The molecule has 0 N–H and O–H groups in total. The summed E-state index contributed by atoms with van der Waals surface area (Å²) in [5, 5.41) is 0. The van der Waals surface area contributed by atoms with Gasteiger partial charge in [-0.25, -0.2) is 4.39 Å². The van der Waals surface area contributed by atoms with Crippen LogP contribution in [-0.2, 0) is 21.6 Å². The van der Waals surface area contributed by atoms with Crippen molar-refractivity contribution in [2.24, 2.45) is 0 Å². The molecule has 4 rings (SSSR count). The van der Waals surface area contributed by atoms with E-state index in [1.807, 2.05) is 61.5 Å². The standard InChI is InChI=1S/C25H23BrFNO3/c1-25(21-14-19(26)10-13-22(21)27)16-31-23(18-6-4-3-5-7-18)24(29)28(25)15-17-8-11-20(30-2)12-9-17/h3-14,23H,15-16H2,1-2H3/t23?,25-/m0/s1. The molecular weight excluding hydrogens is 461 g/mol. The van der Waals surface area contributed by atoms with Crippen LogP contribution < -0.4 is 4.74 Å². The minimum absolute atomic E-state index is 0.168. The topological polar surface area (TPSA) is 38.8 Å². The summed E-state index contributed by atoms with van der Waals surface area (Å²) in [5.41, 5.74) is 1.14. The fourth-order valence-electron chi connectivity index (χ4n) is 3.95. The number of carbonyl (C=O) groups excluding carboxylic acids is 1. The molecule has 0 radical (unpaired) electrons. The molecule has 4 nitrogen and oxygen atoms in total. The van der Waals surface area contributed by atoms with Gasteiger partial charge in [0.15, 0.2) is 6.10 Å². The lowest BCUT2D eigenvalue weighted by atomic mass is 9.87. The highest BCUT2D eigenvalue weighted by Gasteiger charge is 2.47. The van der Waals surface area contributed by atoms with Crippen molar-refractivity contribution in [1.29, 1.82) is 0 Å². The van der Waals surface area contributed by atoms with Gasteiger partial charge in [0.05, 0.1) is 19.3 Å². The van der Waals surface area contributed by atoms with E-state index in [0.29, 0.717) is 12.1 Å². The third-order valence-electron chi connectivity index (χ3n) is 5.73. The maximum absolute atomic E-state index is 14.9. The highest BCUT2D eigenvalue weighted by Crippen LogP contribution is 2.41. The first kappa shape index (κ1) is 21.5. The molecular formula is C25H23BrFNO3. The number of rotatable bonds is 5. The minimum Gasteiger partial charge on any atom is -0.497 e. The number of methoxy groups -OCH3 is 1. The lowest BCUT2D eigenvalue weighted by Crippen LogP contribution is -2.56. The molecule has 1 unspecified atom stereocenters. The van der Waals surface area contributed by atoms with Gasteiger partial charge in [0.1, 0.15) is 11.6 Å². The van der Waals surface area contributed by atoms with Gasteiger partial charge >= 0.3 is 0 Å². The van der Waals surface area contributed by atoms with Gasteiger partial charge in [-0.05, 0) is 48.4 Å². The van der Waals surface area contributed by atoms with E-state index >= 15 is 0 Å². The maximum Gasteiger partial charge on any atom is 0.257 e. The fourth-order valence-corrected chi connectivity index (χ4v) is 4.31. The highest BCUT2D eigenvalue weighted by molar-refractivity contribution is 9.10. The number of morpholine rings is 1. The first-order valence-corrected chi connectivity index (χ1v) is 10.8. The average molecular weight is 484 g/mol. The molecule has 1 amide bonds. The molecule has 0 aliphatic carbocycles. The van der Waals surface area contributed by atoms with Crippen LogP contribution >= 0.6 is 15.9 Å². The summed E-state index contributed by atoms with van der Waals surface area (Å²) in [4.78, 5) is 15.4. The summed E-state index contributed by atoms with van der Waals surface area (Å²) in [5.74, 6) is 0.162. The van der Waals surface area contributed by atoms with Crippen molar-refractivity contribution in [3.05, 3.63) is 99.8 Å². The fraction of sp³-hybridized carbons (Fsp3) is 0.240. The molecule has 31 heavy (non-hydrogen) atoms. The van der Waals surface area contributed by atoms with Crippen LogP contribution in [0.15, 0.2) is 77.3 Å². The van der Waals surface area contributed by atoms with Gasteiger partial charge < -0.3 is 14.4 Å². The molecule has 3 aromatic rings. The van der Waals surface area contributed by atoms with E-state index in [2.05, 4.69) is 15.9 Å². The predicted molar refractivity (Wildman–Crippen MR) is 120 cm³/mol. The van der Waals surface area contributed by atoms with Crippen LogP contribution in [0.1, 0.15) is 29.7 Å². The van der Waals surface area contributed by atoms with Crippen LogP contribution in [-0.4, -0.2) is 24.5 Å². The van der Waals surface area contributed by atoms with Crippen molar-refractivity contribution in [1.82, 2.24) is 4.90 Å². The summed E-state index contributed by atoms with van der Waals surface area (Å²) in [7, 11) is 1.61. The van der Waals surface area contributed by atoms with Crippen molar-refractivity contribution in [3.8, 4) is 5.75 Å². The molecule has 1 aliphatic rings. The first-order chi connectivity index (χ1) is 14.9. The number of carbonyl (C=O) groups is 1. The van der Waals surface area contributed by atoms with Gasteiger partial charge in [-0.2, -0.15) is 0 Å². The third kappa shape index (κ3) is 4.23. The Kier molecular flexibility index (Phi) is 6.12. The Morgan fingerprint density at radius 2 is 1.84 bits per heavy atom. The number of benzene rings is 3. The molecule has 1 saturated heterocycles. The van der Waals surface area contributed by atoms with E-state index in [0.717, 1.165) is 21.3 Å². The van der Waals surface area contributed by atoms with Gasteiger partial charge in [-0.3, -0.25) is 4.79 Å². The Morgan fingerprint density at radius 3 is 2.52 bits per heavy atom. The molecule has 1 heterocycles. The number of halogens is 2. The molecule has 1 fully saturated rings. The molecule has 0 bridgehead atoms. The second-order valence-electron chi connectivity index (χ2n) is 7.77. The Hall–Kier alpha value is -2.70. The van der Waals surface area contributed by atoms with E-state index in [9.17, 15) is 9.18 Å². The van der Waals surface area contributed by atoms with Gasteiger partial charge in [-0.1, -0.05) is 58.4 Å². The molecule has 1 aliphatic heterocycles. The highest BCUT2D eigenvalue weighted by atomic mass is 79.9. The van der Waals surface area contributed by atoms with Gasteiger partial charge in [0, 0.05) is 16.6 Å². The maximum atomic E-state index is 14.9. The van der Waals surface area contributed by atoms with Crippen molar-refractivity contribution in [2.45, 2.75) is 25.1 Å². The molecule has 0 spiro atoms. The summed E-state index contributed by atoms with van der Waals surface area (Å²) >= 11 is 3.43. The predicted octanol–water partition coefficient (Wildman–Crippen LogP) is 5.61. The van der Waals surface area contributed by atoms with E-state index in [4.69, 9.17) is 9.47 Å². The monoisotopic (exact) mass is 483 g/mol. The Bertz CT molecular complexity index is 1070. The van der Waals surface area contributed by atoms with Crippen LogP contribution in [0, 0.1) is 5.82 Å². The van der Waals surface area contributed by atoms with Gasteiger partial charge in [0.2, 0.25) is 0 Å². The Morgan fingerprint density at radius 1 is 1.13 bits per heavy atom. The summed E-state index contributed by atoms with van der Waals surface area (Å²) < 4.78 is 27.0. The zero-order valence-corrected chi connectivity index (χ0v) is 18.9. The number of hydrogen-bond donors (Lipinski definition) is 0. The lowest BCUT2D eigenvalue weighted by molar-refractivity contribution is -0.173. The number of hydrogen-bond acceptors (Lipinski definition) is 3. The smallest absolute Gasteiger partial charge is 0.257 e. The Balaban J connectivity index is 1.76. The Labute approximate surface area is 189 Å². The number of nitrogens with zero attached hydrogens (tertiary/aromatic N) is 1. The molecule has 160 valence electrons. The van der Waals surface area contributed by atoms with Crippen LogP contribution in [0.25, 0.3) is 0 Å². The molecule has 0 saturated carbocycles. The zero-order chi connectivity index (χ0) is 22.0. The van der Waals surface area contributed by atoms with Crippen LogP contribution in [0.5, 0.6) is 5.75 Å². The van der Waals surface area contributed by atoms with Crippen LogP contribution in [0.3, 0.4) is 0 Å². The normalized spacial score (nSPS) is 21.2. The third-order valence-corrected chi connectivity index (χ3v) is 6.22. The van der Waals surface area contributed by atoms with E-state index < -0.39 is 11.6 Å². The van der Waals surface area contributed by atoms with E-state index in [1.54, 1.807) is 24.1 Å². The van der Waals surface area contributed by atoms with Gasteiger partial charge in [-0.15, -0.1) is 0 Å². The lowest BCUT2D eigenvalue weighted by Gasteiger charge is -2.47. The van der Waals surface area contributed by atoms with Crippen molar-refractivity contribution in [2.75, 3.05) is 13.7 Å². The van der Waals surface area contributed by atoms with Crippen LogP contribution in [0.4, 0.5) is 4.39 Å². The van der Waals surface area contributed by atoms with Crippen molar-refractivity contribution < 1.29 is 18.7 Å². The number of amides is 1. The molecule has 0 aromatic heterocycles. The molecule has 3 aromatic carbocycles. The van der Waals surface area contributed by atoms with E-state index in [1.165, 1.54) is 6.07 Å². The minimum atomic E-state index is -0.976. The van der Waals surface area contributed by atoms with Crippen LogP contribution in [0.2, 0.25) is 0 Å². The second kappa shape index (κ2) is 8.81. The van der Waals surface area contributed by atoms with E-state index in [-0.39, 0.29) is 18.3 Å². The molecule has 2 atom stereocenters. The van der Waals surface area contributed by atoms with Crippen molar-refractivity contribution in [3.63, 3.8) is 0 Å². The largest absolute Gasteiger partial charge is 0.497 e. The number of ether oxygens (including phenoxy) is 2. The summed E-state index contributed by atoms with van der Waals surface area (Å²) in [6.45, 7) is 2.33. The summed E-state index contributed by atoms with van der Waals surface area (Å²) in [6.07, 6.45) is -0.734. The first-order valence-electron chi connectivity index (χ1n) is 9.99.